The van der Waals surface area contributed by atoms with E-state index in [4.69, 9.17) is 18.9 Å². The summed E-state index contributed by atoms with van der Waals surface area (Å²) in [5.74, 6) is 0. The van der Waals surface area contributed by atoms with Crippen molar-refractivity contribution in [2.24, 2.45) is 0 Å². The fraction of sp³-hybridized carbons (Fsp3) is 1.00. The fourth-order valence-electron chi connectivity index (χ4n) is 4.82. The largest absolute Gasteiger partial charge is 0.385 e. The average molecular weight is 517 g/mol. The van der Waals surface area contributed by atoms with Crippen molar-refractivity contribution in [1.29, 1.82) is 0 Å². The van der Waals surface area contributed by atoms with Crippen LogP contribution in [0.3, 0.4) is 0 Å². The molecule has 216 valence electrons. The molecule has 1 aliphatic heterocycles. The molecule has 36 heavy (non-hydrogen) atoms. The lowest BCUT2D eigenvalue weighted by atomic mass is 9.98. The number of hydrogen-bond acceptors (Lipinski definition) is 6. The van der Waals surface area contributed by atoms with Gasteiger partial charge in [-0.1, -0.05) is 117 Å². The van der Waals surface area contributed by atoms with Crippen LogP contribution in [-0.4, -0.2) is 67.3 Å². The number of hydrogen-bond donors (Lipinski definition) is 2. The Morgan fingerprint density at radius 3 is 1.44 bits per heavy atom. The van der Waals surface area contributed by atoms with Gasteiger partial charge in [-0.15, -0.1) is 0 Å². The van der Waals surface area contributed by atoms with Gasteiger partial charge in [-0.05, 0) is 19.3 Å². The van der Waals surface area contributed by atoms with Crippen LogP contribution in [0.5, 0.6) is 0 Å². The summed E-state index contributed by atoms with van der Waals surface area (Å²) in [6.45, 7) is 8.87. The summed E-state index contributed by atoms with van der Waals surface area (Å²) >= 11 is 0. The van der Waals surface area contributed by atoms with E-state index in [2.05, 4.69) is 20.8 Å². The Labute approximate surface area is 222 Å². The third-order valence-electron chi connectivity index (χ3n) is 7.17. The standard InChI is InChI=1S/C30H60O6/c1-4-7-10-13-16-19-22-33-25-26-28(34-23-20-17-14-11-8-5-2)29(27(31)30(32)36-26)35-24-21-18-15-12-9-6-3/h26-32H,4-25H2,1-3H3/t26-,27-,28-,29-,30?/m1/s1. The number of rotatable bonds is 25. The lowest BCUT2D eigenvalue weighted by Crippen LogP contribution is -2.60. The predicted octanol–water partition coefficient (Wildman–Crippen LogP) is 6.93. The molecule has 6 nitrogen and oxygen atoms in total. The molecular weight excluding hydrogens is 456 g/mol. The van der Waals surface area contributed by atoms with E-state index in [1.807, 2.05) is 0 Å². The van der Waals surface area contributed by atoms with Gasteiger partial charge >= 0.3 is 0 Å². The molecule has 0 aromatic heterocycles. The third-order valence-corrected chi connectivity index (χ3v) is 7.17. The Balaban J connectivity index is 2.53. The molecule has 0 amide bonds. The Morgan fingerprint density at radius 1 is 0.528 bits per heavy atom. The highest BCUT2D eigenvalue weighted by atomic mass is 16.7. The minimum atomic E-state index is -1.28. The second-order valence-corrected chi connectivity index (χ2v) is 10.6. The molecule has 1 rings (SSSR count). The fourth-order valence-corrected chi connectivity index (χ4v) is 4.82. The van der Waals surface area contributed by atoms with Crippen LogP contribution >= 0.6 is 0 Å². The molecule has 1 saturated heterocycles. The van der Waals surface area contributed by atoms with Gasteiger partial charge in [0.25, 0.3) is 0 Å². The first-order valence-electron chi connectivity index (χ1n) is 15.5. The van der Waals surface area contributed by atoms with Gasteiger partial charge in [0.1, 0.15) is 24.4 Å². The summed E-state index contributed by atoms with van der Waals surface area (Å²) in [5, 5.41) is 21.1. The van der Waals surface area contributed by atoms with Crippen LogP contribution in [0, 0.1) is 0 Å². The van der Waals surface area contributed by atoms with Crippen molar-refractivity contribution in [3.63, 3.8) is 0 Å². The zero-order valence-electron chi connectivity index (χ0n) is 24.0. The van der Waals surface area contributed by atoms with Crippen LogP contribution in [0.25, 0.3) is 0 Å². The molecule has 1 fully saturated rings. The van der Waals surface area contributed by atoms with E-state index in [1.165, 1.54) is 83.5 Å². The normalized spacial score (nSPS) is 24.4. The van der Waals surface area contributed by atoms with Crippen LogP contribution in [0.1, 0.15) is 136 Å². The molecule has 2 N–H and O–H groups in total. The molecule has 0 saturated carbocycles. The summed E-state index contributed by atoms with van der Waals surface area (Å²) in [5.41, 5.74) is 0. The van der Waals surface area contributed by atoms with Crippen molar-refractivity contribution < 1.29 is 29.2 Å². The van der Waals surface area contributed by atoms with Gasteiger partial charge in [-0.25, -0.2) is 0 Å². The van der Waals surface area contributed by atoms with Gasteiger partial charge in [-0.3, -0.25) is 0 Å². The first-order chi connectivity index (χ1) is 17.7. The highest BCUT2D eigenvalue weighted by Gasteiger charge is 2.46. The van der Waals surface area contributed by atoms with E-state index in [0.29, 0.717) is 26.4 Å². The quantitative estimate of drug-likeness (QED) is 0.128. The molecule has 1 unspecified atom stereocenters. The summed E-state index contributed by atoms with van der Waals surface area (Å²) in [6, 6.07) is 0. The van der Waals surface area contributed by atoms with Gasteiger partial charge in [0.15, 0.2) is 6.29 Å². The van der Waals surface area contributed by atoms with Crippen molar-refractivity contribution in [2.45, 2.75) is 167 Å². The van der Waals surface area contributed by atoms with Crippen LogP contribution in [0.4, 0.5) is 0 Å². The smallest absolute Gasteiger partial charge is 0.184 e. The number of aliphatic hydroxyl groups excluding tert-OH is 2. The van der Waals surface area contributed by atoms with Crippen LogP contribution in [0.15, 0.2) is 0 Å². The zero-order valence-corrected chi connectivity index (χ0v) is 24.0. The van der Waals surface area contributed by atoms with Gasteiger partial charge in [0.2, 0.25) is 0 Å². The zero-order chi connectivity index (χ0) is 26.3. The molecule has 0 aromatic carbocycles. The Morgan fingerprint density at radius 2 is 0.944 bits per heavy atom. The average Bonchev–Trinajstić information content (AvgIpc) is 2.88. The van der Waals surface area contributed by atoms with Crippen molar-refractivity contribution >= 4 is 0 Å². The molecule has 0 spiro atoms. The van der Waals surface area contributed by atoms with Gasteiger partial charge in [-0.2, -0.15) is 0 Å². The van der Waals surface area contributed by atoms with Gasteiger partial charge < -0.3 is 29.2 Å². The number of aliphatic hydroxyl groups is 2. The second-order valence-electron chi connectivity index (χ2n) is 10.6. The van der Waals surface area contributed by atoms with E-state index in [0.717, 1.165) is 32.1 Å². The van der Waals surface area contributed by atoms with Crippen LogP contribution in [-0.2, 0) is 18.9 Å². The predicted molar refractivity (Wildman–Crippen MR) is 147 cm³/mol. The first-order valence-corrected chi connectivity index (χ1v) is 15.5. The summed E-state index contributed by atoms with van der Waals surface area (Å²) in [4.78, 5) is 0. The van der Waals surface area contributed by atoms with E-state index >= 15 is 0 Å². The third kappa shape index (κ3) is 15.9. The second kappa shape index (κ2) is 23.8. The lowest BCUT2D eigenvalue weighted by Gasteiger charge is -2.42. The molecule has 0 bridgehead atoms. The molecular formula is C30H60O6. The number of ether oxygens (including phenoxy) is 4. The molecule has 0 radical (unpaired) electrons. The van der Waals surface area contributed by atoms with Crippen LogP contribution in [0.2, 0.25) is 0 Å². The van der Waals surface area contributed by atoms with Crippen molar-refractivity contribution in [3.05, 3.63) is 0 Å². The Kier molecular flexibility index (Phi) is 22.4. The molecule has 0 aliphatic carbocycles. The minimum absolute atomic E-state index is 0.344. The van der Waals surface area contributed by atoms with E-state index in [9.17, 15) is 10.2 Å². The van der Waals surface area contributed by atoms with E-state index in [-0.39, 0.29) is 0 Å². The Hall–Kier alpha value is -0.240. The lowest BCUT2D eigenvalue weighted by molar-refractivity contribution is -0.303. The Bertz CT molecular complexity index is 463. The maximum atomic E-state index is 10.7. The maximum Gasteiger partial charge on any atom is 0.184 e. The van der Waals surface area contributed by atoms with Crippen molar-refractivity contribution in [2.75, 3.05) is 26.4 Å². The van der Waals surface area contributed by atoms with Gasteiger partial charge in [0, 0.05) is 19.8 Å². The maximum absolute atomic E-state index is 10.7. The van der Waals surface area contributed by atoms with Crippen molar-refractivity contribution in [1.82, 2.24) is 0 Å². The van der Waals surface area contributed by atoms with E-state index < -0.39 is 30.7 Å². The molecule has 6 heteroatoms. The highest BCUT2D eigenvalue weighted by Crippen LogP contribution is 2.26. The SMILES string of the molecule is CCCCCCCCOC[C@H]1OC(O)[C@H](O)[C@@H](OCCCCCCCC)[C@@H]1OCCCCCCCC. The topological polar surface area (TPSA) is 77.4 Å². The van der Waals surface area contributed by atoms with Gasteiger partial charge in [0.05, 0.1) is 6.61 Å². The molecule has 0 aromatic rings. The van der Waals surface area contributed by atoms with Crippen molar-refractivity contribution in [3.8, 4) is 0 Å². The first kappa shape index (κ1) is 33.8. The highest BCUT2D eigenvalue weighted by molar-refractivity contribution is 4.91. The molecule has 5 atom stereocenters. The minimum Gasteiger partial charge on any atom is -0.385 e. The van der Waals surface area contributed by atoms with Crippen LogP contribution < -0.4 is 0 Å². The molecule has 1 aliphatic rings. The summed E-state index contributed by atoms with van der Waals surface area (Å²) in [7, 11) is 0. The monoisotopic (exact) mass is 516 g/mol. The van der Waals surface area contributed by atoms with E-state index in [1.54, 1.807) is 0 Å². The molecule has 1 heterocycles. The summed E-state index contributed by atoms with van der Waals surface area (Å²) < 4.78 is 24.1. The number of unbranched alkanes of at least 4 members (excludes halogenated alkanes) is 15. The summed E-state index contributed by atoms with van der Waals surface area (Å²) in [6.07, 6.45) is 17.6.